The summed E-state index contributed by atoms with van der Waals surface area (Å²) in [5.74, 6) is -0.876. The third kappa shape index (κ3) is 2.69. The highest BCUT2D eigenvalue weighted by molar-refractivity contribution is 7.13. The molecule has 1 atom stereocenters. The summed E-state index contributed by atoms with van der Waals surface area (Å²) in [6.07, 6.45) is 0.822. The third-order valence-corrected chi connectivity index (χ3v) is 5.43. The first-order chi connectivity index (χ1) is 10.1. The van der Waals surface area contributed by atoms with Crippen LogP contribution in [0.4, 0.5) is 5.00 Å². The van der Waals surface area contributed by atoms with Gasteiger partial charge in [0.05, 0.1) is 4.92 Å². The van der Waals surface area contributed by atoms with E-state index in [9.17, 15) is 20.0 Å². The van der Waals surface area contributed by atoms with E-state index in [1.165, 1.54) is 6.07 Å². The van der Waals surface area contributed by atoms with Crippen LogP contribution in [0.5, 0.6) is 0 Å². The van der Waals surface area contributed by atoms with Crippen LogP contribution in [-0.4, -0.2) is 27.4 Å². The van der Waals surface area contributed by atoms with Crippen LogP contribution < -0.4 is 0 Å². The van der Waals surface area contributed by atoms with Crippen LogP contribution in [0.3, 0.4) is 0 Å². The van der Waals surface area contributed by atoms with Crippen molar-refractivity contribution >= 4 is 33.6 Å². The van der Waals surface area contributed by atoms with Gasteiger partial charge in [-0.2, -0.15) is 0 Å². The molecule has 3 heterocycles. The molecule has 0 aromatic carbocycles. The van der Waals surface area contributed by atoms with Gasteiger partial charge in [0.2, 0.25) is 0 Å². The quantitative estimate of drug-likeness (QED) is 0.690. The Hall–Kier alpha value is -1.77. The van der Waals surface area contributed by atoms with Crippen LogP contribution in [-0.2, 0) is 17.8 Å². The molecule has 0 saturated heterocycles. The molecule has 1 aliphatic heterocycles. The summed E-state index contributed by atoms with van der Waals surface area (Å²) in [7, 11) is 0. The van der Waals surface area contributed by atoms with Gasteiger partial charge in [0.1, 0.15) is 6.04 Å². The summed E-state index contributed by atoms with van der Waals surface area (Å²) in [5, 5.41) is 23.9. The largest absolute Gasteiger partial charge is 0.480 e. The summed E-state index contributed by atoms with van der Waals surface area (Å²) >= 11 is 2.66. The highest BCUT2D eigenvalue weighted by Crippen LogP contribution is 2.35. The Balaban J connectivity index is 1.84. The van der Waals surface area contributed by atoms with Crippen molar-refractivity contribution in [3.05, 3.63) is 49.0 Å². The monoisotopic (exact) mass is 324 g/mol. The number of rotatable bonds is 4. The van der Waals surface area contributed by atoms with Crippen molar-refractivity contribution in [2.45, 2.75) is 19.0 Å². The molecule has 0 spiro atoms. The molecule has 1 unspecified atom stereocenters. The second kappa shape index (κ2) is 5.55. The molecule has 21 heavy (non-hydrogen) atoms. The molecule has 2 aromatic heterocycles. The van der Waals surface area contributed by atoms with E-state index in [0.717, 1.165) is 33.8 Å². The van der Waals surface area contributed by atoms with Crippen LogP contribution in [0.2, 0.25) is 0 Å². The summed E-state index contributed by atoms with van der Waals surface area (Å²) in [6, 6.07) is 2.72. The summed E-state index contributed by atoms with van der Waals surface area (Å²) in [6.45, 7) is 1.06. The molecule has 2 aromatic rings. The fourth-order valence-corrected chi connectivity index (χ4v) is 4.23. The normalized spacial score (nSPS) is 18.4. The second-order valence-electron chi connectivity index (χ2n) is 4.81. The molecule has 0 fully saturated rings. The van der Waals surface area contributed by atoms with Gasteiger partial charge < -0.3 is 5.11 Å². The van der Waals surface area contributed by atoms with Crippen molar-refractivity contribution in [1.29, 1.82) is 0 Å². The first kappa shape index (κ1) is 14.2. The third-order valence-electron chi connectivity index (χ3n) is 3.51. The Bertz CT molecular complexity index is 694. The topological polar surface area (TPSA) is 83.7 Å². The second-order valence-corrected chi connectivity index (χ2v) is 6.70. The molecule has 110 valence electrons. The predicted molar refractivity (Wildman–Crippen MR) is 79.8 cm³/mol. The Morgan fingerprint density at radius 1 is 1.52 bits per heavy atom. The number of nitro groups is 1. The summed E-state index contributed by atoms with van der Waals surface area (Å²) in [5.41, 5.74) is 1.64. The lowest BCUT2D eigenvalue weighted by Gasteiger charge is -2.32. The van der Waals surface area contributed by atoms with Gasteiger partial charge in [-0.15, -0.1) is 11.3 Å². The van der Waals surface area contributed by atoms with Gasteiger partial charge in [-0.25, -0.2) is 0 Å². The zero-order chi connectivity index (χ0) is 15.0. The van der Waals surface area contributed by atoms with Crippen LogP contribution in [0, 0.1) is 10.1 Å². The average molecular weight is 324 g/mol. The molecule has 0 bridgehead atoms. The van der Waals surface area contributed by atoms with Crippen LogP contribution in [0.25, 0.3) is 0 Å². The number of carbonyl (C=O) groups is 1. The number of hydrogen-bond donors (Lipinski definition) is 1. The van der Waals surface area contributed by atoms with E-state index >= 15 is 0 Å². The number of fused-ring (bicyclic) bond motifs is 1. The van der Waals surface area contributed by atoms with E-state index in [1.54, 1.807) is 16.7 Å². The molecular formula is C13H12N2O4S2. The Labute approximate surface area is 128 Å². The number of carboxylic acid groups (broad SMARTS) is 1. The molecule has 0 aliphatic carbocycles. The highest BCUT2D eigenvalue weighted by atomic mass is 32.1. The molecule has 0 saturated carbocycles. The van der Waals surface area contributed by atoms with E-state index in [2.05, 4.69) is 0 Å². The van der Waals surface area contributed by atoms with Crippen LogP contribution in [0.1, 0.15) is 22.0 Å². The van der Waals surface area contributed by atoms with Crippen molar-refractivity contribution in [3.8, 4) is 0 Å². The van der Waals surface area contributed by atoms with Gasteiger partial charge >= 0.3 is 11.0 Å². The molecule has 1 N–H and O–H groups in total. The Morgan fingerprint density at radius 2 is 2.33 bits per heavy atom. The first-order valence-corrected chi connectivity index (χ1v) is 8.07. The van der Waals surface area contributed by atoms with Crippen molar-refractivity contribution in [2.24, 2.45) is 0 Å². The Kier molecular flexibility index (Phi) is 3.75. The number of thiophene rings is 2. The van der Waals surface area contributed by atoms with Gasteiger partial charge in [-0.3, -0.25) is 19.8 Å². The summed E-state index contributed by atoms with van der Waals surface area (Å²) < 4.78 is 0. The van der Waals surface area contributed by atoms with E-state index in [4.69, 9.17) is 0 Å². The number of nitrogens with zero attached hydrogens (tertiary/aromatic N) is 2. The standard InChI is InChI=1S/C13H12N2O4S2/c16-13(17)12-9-2-4-20-10(9)1-3-14(12)6-8-5-11(15(18)19)21-7-8/h2,4-5,7,12H,1,3,6H2,(H,16,17). The lowest BCUT2D eigenvalue weighted by atomic mass is 9.99. The lowest BCUT2D eigenvalue weighted by molar-refractivity contribution is -0.380. The molecular weight excluding hydrogens is 312 g/mol. The van der Waals surface area contributed by atoms with E-state index < -0.39 is 16.9 Å². The molecule has 1 aliphatic rings. The maximum absolute atomic E-state index is 11.6. The van der Waals surface area contributed by atoms with Gasteiger partial charge in [0.25, 0.3) is 0 Å². The maximum Gasteiger partial charge on any atom is 0.325 e. The van der Waals surface area contributed by atoms with Crippen molar-refractivity contribution < 1.29 is 14.8 Å². The minimum Gasteiger partial charge on any atom is -0.480 e. The Morgan fingerprint density at radius 3 is 3.00 bits per heavy atom. The van der Waals surface area contributed by atoms with Gasteiger partial charge in [0, 0.05) is 29.4 Å². The predicted octanol–water partition coefficient (Wildman–Crippen LogP) is 2.90. The van der Waals surface area contributed by atoms with Crippen LogP contribution in [0.15, 0.2) is 22.9 Å². The van der Waals surface area contributed by atoms with Crippen molar-refractivity contribution in [2.75, 3.05) is 6.54 Å². The molecule has 0 radical (unpaired) electrons. The van der Waals surface area contributed by atoms with E-state index in [1.807, 2.05) is 16.3 Å². The van der Waals surface area contributed by atoms with Gasteiger partial charge in [0.15, 0.2) is 0 Å². The SMILES string of the molecule is O=C(O)C1c2ccsc2CCN1Cc1csc([N+](=O)[O-])c1. The maximum atomic E-state index is 11.6. The minimum atomic E-state index is -0.876. The lowest BCUT2D eigenvalue weighted by Crippen LogP contribution is -2.38. The fraction of sp³-hybridized carbons (Fsp3) is 0.308. The van der Waals surface area contributed by atoms with Gasteiger partial charge in [-0.05, 0) is 29.0 Å². The molecule has 8 heteroatoms. The minimum absolute atomic E-state index is 0.0881. The number of hydrogen-bond acceptors (Lipinski definition) is 6. The van der Waals surface area contributed by atoms with E-state index in [0.29, 0.717) is 13.1 Å². The molecule has 6 nitrogen and oxygen atoms in total. The summed E-state index contributed by atoms with van der Waals surface area (Å²) in [4.78, 5) is 24.9. The molecule has 3 rings (SSSR count). The fourth-order valence-electron chi connectivity index (χ4n) is 2.60. The first-order valence-electron chi connectivity index (χ1n) is 6.31. The number of carboxylic acids is 1. The zero-order valence-electron chi connectivity index (χ0n) is 10.9. The van der Waals surface area contributed by atoms with Crippen molar-refractivity contribution in [1.82, 2.24) is 4.90 Å². The van der Waals surface area contributed by atoms with E-state index in [-0.39, 0.29) is 5.00 Å². The van der Waals surface area contributed by atoms with Crippen LogP contribution >= 0.6 is 22.7 Å². The number of aliphatic carboxylic acids is 1. The van der Waals surface area contributed by atoms with Crippen molar-refractivity contribution in [3.63, 3.8) is 0 Å². The average Bonchev–Trinajstić information content (AvgIpc) is 3.06. The van der Waals surface area contributed by atoms with Gasteiger partial charge in [-0.1, -0.05) is 11.3 Å². The smallest absolute Gasteiger partial charge is 0.325 e. The zero-order valence-corrected chi connectivity index (χ0v) is 12.5. The highest BCUT2D eigenvalue weighted by Gasteiger charge is 2.33. The molecule has 0 amide bonds.